The average molecular weight is 389 g/mol. The number of amides is 2. The maximum absolute atomic E-state index is 12.7. The van der Waals surface area contributed by atoms with E-state index in [0.29, 0.717) is 37.3 Å². The minimum atomic E-state index is -0.123. The van der Waals surface area contributed by atoms with Crippen molar-refractivity contribution >= 4 is 17.5 Å². The first-order valence-electron chi connectivity index (χ1n) is 9.74. The van der Waals surface area contributed by atoms with Gasteiger partial charge in [-0.15, -0.1) is 0 Å². The number of aromatic nitrogens is 3. The van der Waals surface area contributed by atoms with Crippen molar-refractivity contribution in [2.75, 3.05) is 18.4 Å². The van der Waals surface area contributed by atoms with Gasteiger partial charge in [0.1, 0.15) is 5.69 Å². The molecule has 3 heterocycles. The van der Waals surface area contributed by atoms with Crippen molar-refractivity contribution < 1.29 is 9.59 Å². The van der Waals surface area contributed by atoms with E-state index in [4.69, 9.17) is 0 Å². The molecule has 1 N–H and O–H groups in total. The van der Waals surface area contributed by atoms with E-state index < -0.39 is 0 Å². The molecule has 0 radical (unpaired) electrons. The molecule has 148 valence electrons. The largest absolute Gasteiger partial charge is 0.337 e. The molecule has 7 heteroatoms. The molecule has 1 aliphatic heterocycles. The van der Waals surface area contributed by atoms with Crippen LogP contribution in [0.2, 0.25) is 0 Å². The Kier molecular flexibility index (Phi) is 5.37. The Balaban J connectivity index is 1.36. The zero-order valence-electron chi connectivity index (χ0n) is 16.3. The second kappa shape index (κ2) is 8.26. The molecule has 3 aromatic rings. The first-order valence-corrected chi connectivity index (χ1v) is 9.74. The smallest absolute Gasteiger partial charge is 0.272 e. The maximum Gasteiger partial charge on any atom is 0.272 e. The maximum atomic E-state index is 12.7. The zero-order valence-corrected chi connectivity index (χ0v) is 16.3. The van der Waals surface area contributed by atoms with Gasteiger partial charge in [0, 0.05) is 25.2 Å². The SMILES string of the molecule is Cc1c(NC(=O)C2CCN(C(=O)c3ccccn3)CC2)cnn1-c1ccccc1. The summed E-state index contributed by atoms with van der Waals surface area (Å²) in [4.78, 5) is 31.1. The van der Waals surface area contributed by atoms with Crippen LogP contribution in [0.3, 0.4) is 0 Å². The summed E-state index contributed by atoms with van der Waals surface area (Å²) in [6.07, 6.45) is 4.57. The lowest BCUT2D eigenvalue weighted by atomic mass is 9.95. The molecule has 1 fully saturated rings. The van der Waals surface area contributed by atoms with Gasteiger partial charge >= 0.3 is 0 Å². The molecule has 0 unspecified atom stereocenters. The fraction of sp³-hybridized carbons (Fsp3) is 0.273. The number of hydrogen-bond acceptors (Lipinski definition) is 4. The van der Waals surface area contributed by atoms with Crippen LogP contribution in [-0.2, 0) is 4.79 Å². The molecule has 2 aromatic heterocycles. The quantitative estimate of drug-likeness (QED) is 0.744. The van der Waals surface area contributed by atoms with E-state index in [1.807, 2.05) is 41.9 Å². The molecular formula is C22H23N5O2. The summed E-state index contributed by atoms with van der Waals surface area (Å²) in [6, 6.07) is 15.1. The fourth-order valence-electron chi connectivity index (χ4n) is 3.59. The van der Waals surface area contributed by atoms with E-state index in [9.17, 15) is 9.59 Å². The Morgan fingerprint density at radius 2 is 1.76 bits per heavy atom. The second-order valence-corrected chi connectivity index (χ2v) is 7.16. The van der Waals surface area contributed by atoms with Crippen LogP contribution in [0.5, 0.6) is 0 Å². The average Bonchev–Trinajstić information content (AvgIpc) is 3.14. The molecule has 7 nitrogen and oxygen atoms in total. The molecule has 1 saturated heterocycles. The standard InChI is InChI=1S/C22H23N5O2/c1-16-20(15-24-27(16)18-7-3-2-4-8-18)25-21(28)17-10-13-26(14-11-17)22(29)19-9-5-6-12-23-19/h2-9,12,15,17H,10-11,13-14H2,1H3,(H,25,28). The Labute approximate surface area is 169 Å². The molecule has 4 rings (SSSR count). The van der Waals surface area contributed by atoms with E-state index >= 15 is 0 Å². The van der Waals surface area contributed by atoms with Crippen LogP contribution in [0.4, 0.5) is 5.69 Å². The van der Waals surface area contributed by atoms with Gasteiger partial charge in [0.15, 0.2) is 0 Å². The predicted molar refractivity (Wildman–Crippen MR) is 110 cm³/mol. The van der Waals surface area contributed by atoms with Crippen LogP contribution in [0.1, 0.15) is 29.0 Å². The Bertz CT molecular complexity index is 993. The van der Waals surface area contributed by atoms with Gasteiger partial charge in [-0.3, -0.25) is 14.6 Å². The number of rotatable bonds is 4. The number of anilines is 1. The van der Waals surface area contributed by atoms with Crippen molar-refractivity contribution in [3.05, 3.63) is 72.3 Å². The first-order chi connectivity index (χ1) is 14.1. The van der Waals surface area contributed by atoms with E-state index in [1.165, 1.54) is 0 Å². The lowest BCUT2D eigenvalue weighted by Crippen LogP contribution is -2.41. The van der Waals surface area contributed by atoms with E-state index in [0.717, 1.165) is 11.4 Å². The molecular weight excluding hydrogens is 366 g/mol. The number of hydrogen-bond donors (Lipinski definition) is 1. The molecule has 2 amide bonds. The fourth-order valence-corrected chi connectivity index (χ4v) is 3.59. The van der Waals surface area contributed by atoms with Crippen molar-refractivity contribution in [3.63, 3.8) is 0 Å². The first kappa shape index (κ1) is 18.9. The van der Waals surface area contributed by atoms with Crippen molar-refractivity contribution in [1.82, 2.24) is 19.7 Å². The highest BCUT2D eigenvalue weighted by atomic mass is 16.2. The highest BCUT2D eigenvalue weighted by molar-refractivity contribution is 5.94. The molecule has 29 heavy (non-hydrogen) atoms. The van der Waals surface area contributed by atoms with Gasteiger partial charge in [-0.1, -0.05) is 24.3 Å². The summed E-state index contributed by atoms with van der Waals surface area (Å²) in [5.74, 6) is -0.225. The van der Waals surface area contributed by atoms with Gasteiger partial charge in [-0.25, -0.2) is 4.68 Å². The van der Waals surface area contributed by atoms with E-state index in [2.05, 4.69) is 15.4 Å². The number of nitrogens with zero attached hydrogens (tertiary/aromatic N) is 4. The third kappa shape index (κ3) is 4.03. The highest BCUT2D eigenvalue weighted by Gasteiger charge is 2.28. The molecule has 1 aromatic carbocycles. The van der Waals surface area contributed by atoms with E-state index in [-0.39, 0.29) is 17.7 Å². The molecule has 1 aliphatic rings. The molecule has 0 atom stereocenters. The number of pyridine rings is 1. The van der Waals surface area contributed by atoms with Crippen molar-refractivity contribution in [1.29, 1.82) is 0 Å². The van der Waals surface area contributed by atoms with Crippen LogP contribution < -0.4 is 5.32 Å². The number of nitrogens with one attached hydrogen (secondary N) is 1. The molecule has 0 aliphatic carbocycles. The topological polar surface area (TPSA) is 80.1 Å². The summed E-state index contributed by atoms with van der Waals surface area (Å²) in [5.41, 5.74) is 2.99. The van der Waals surface area contributed by atoms with Gasteiger partial charge in [-0.05, 0) is 44.0 Å². The summed E-state index contributed by atoms with van der Waals surface area (Å²) in [7, 11) is 0. The Morgan fingerprint density at radius 3 is 2.45 bits per heavy atom. The summed E-state index contributed by atoms with van der Waals surface area (Å²) in [5, 5.41) is 7.40. The van der Waals surface area contributed by atoms with Crippen molar-refractivity contribution in [3.8, 4) is 5.69 Å². The van der Waals surface area contributed by atoms with Crippen LogP contribution in [-0.4, -0.2) is 44.6 Å². The zero-order chi connectivity index (χ0) is 20.2. The second-order valence-electron chi connectivity index (χ2n) is 7.16. The van der Waals surface area contributed by atoms with Crippen LogP contribution >= 0.6 is 0 Å². The monoisotopic (exact) mass is 389 g/mol. The van der Waals surface area contributed by atoms with Gasteiger partial charge in [0.25, 0.3) is 5.91 Å². The molecule has 0 saturated carbocycles. The Hall–Kier alpha value is -3.48. The summed E-state index contributed by atoms with van der Waals surface area (Å²) in [6.45, 7) is 3.04. The summed E-state index contributed by atoms with van der Waals surface area (Å²) >= 11 is 0. The number of benzene rings is 1. The molecule has 0 bridgehead atoms. The van der Waals surface area contributed by atoms with Gasteiger partial charge < -0.3 is 10.2 Å². The lowest BCUT2D eigenvalue weighted by Gasteiger charge is -2.31. The van der Waals surface area contributed by atoms with Gasteiger partial charge in [0.05, 0.1) is 23.3 Å². The van der Waals surface area contributed by atoms with Crippen molar-refractivity contribution in [2.24, 2.45) is 5.92 Å². The van der Waals surface area contributed by atoms with Crippen LogP contribution in [0.15, 0.2) is 60.9 Å². The van der Waals surface area contributed by atoms with Crippen LogP contribution in [0.25, 0.3) is 5.69 Å². The van der Waals surface area contributed by atoms with E-state index in [1.54, 1.807) is 35.5 Å². The number of carbonyl (C=O) groups excluding carboxylic acids is 2. The van der Waals surface area contributed by atoms with Crippen LogP contribution in [0, 0.1) is 12.8 Å². The normalized spacial score (nSPS) is 14.6. The minimum absolute atomic E-state index is 0.0225. The van der Waals surface area contributed by atoms with Gasteiger partial charge in [0.2, 0.25) is 5.91 Å². The number of piperidine rings is 1. The Morgan fingerprint density at radius 1 is 1.03 bits per heavy atom. The van der Waals surface area contributed by atoms with Gasteiger partial charge in [-0.2, -0.15) is 5.10 Å². The third-order valence-corrected chi connectivity index (χ3v) is 5.31. The lowest BCUT2D eigenvalue weighted by molar-refractivity contribution is -0.121. The van der Waals surface area contributed by atoms with Crippen molar-refractivity contribution in [2.45, 2.75) is 19.8 Å². The minimum Gasteiger partial charge on any atom is -0.337 e. The summed E-state index contributed by atoms with van der Waals surface area (Å²) < 4.78 is 1.81. The predicted octanol–water partition coefficient (Wildman–Crippen LogP) is 3.07. The number of likely N-dealkylation sites (tertiary alicyclic amines) is 1. The number of para-hydroxylation sites is 1. The molecule has 0 spiro atoms. The number of carbonyl (C=O) groups is 2. The third-order valence-electron chi connectivity index (χ3n) is 5.31. The highest BCUT2D eigenvalue weighted by Crippen LogP contribution is 2.23.